The highest BCUT2D eigenvalue weighted by molar-refractivity contribution is 8.33. The summed E-state index contributed by atoms with van der Waals surface area (Å²) in [5.74, 6) is 0. The summed E-state index contributed by atoms with van der Waals surface area (Å²) in [5, 5.41) is 0. The van der Waals surface area contributed by atoms with Gasteiger partial charge in [0, 0.05) is 14.7 Å². The van der Waals surface area contributed by atoms with Gasteiger partial charge in [-0.05, 0) is 70.7 Å². The molecule has 178 valence electrons. The molecule has 0 N–H and O–H groups in total. The summed E-state index contributed by atoms with van der Waals surface area (Å²) in [5.41, 5.74) is -3.52. The number of hydrogen-bond acceptors (Lipinski definition) is 3. The van der Waals surface area contributed by atoms with Gasteiger partial charge in [0.05, 0.1) is 0 Å². The minimum absolute atomic E-state index is 0.365. The highest BCUT2D eigenvalue weighted by Gasteiger charge is 2.52. The van der Waals surface area contributed by atoms with Crippen molar-refractivity contribution in [3.8, 4) is 0 Å². The quantitative estimate of drug-likeness (QED) is 0.286. The van der Waals surface area contributed by atoms with E-state index >= 15 is 0 Å². The first-order valence-corrected chi connectivity index (χ1v) is 13.7. The van der Waals surface area contributed by atoms with Crippen LogP contribution in [0, 0.1) is 0 Å². The van der Waals surface area contributed by atoms with E-state index in [1.807, 2.05) is 38.1 Å². The minimum Gasteiger partial charge on any atom is -0.200 e. The Morgan fingerprint density at radius 2 is 1.06 bits per heavy atom. The van der Waals surface area contributed by atoms with Gasteiger partial charge in [-0.3, -0.25) is 0 Å². The topological polar surface area (TPSA) is 43.4 Å². The lowest BCUT2D eigenvalue weighted by Gasteiger charge is -2.39. The van der Waals surface area contributed by atoms with E-state index in [-0.39, 0.29) is 0 Å². The van der Waals surface area contributed by atoms with Crippen molar-refractivity contribution in [2.24, 2.45) is 0 Å². The van der Waals surface area contributed by atoms with E-state index < -0.39 is 25.9 Å². The maximum atomic E-state index is 13.5. The van der Waals surface area contributed by atoms with Crippen molar-refractivity contribution in [2.75, 3.05) is 0 Å². The number of rotatable bonds is 9. The SMILES string of the molecule is CCCc1ccc(S(OS(=O)(=O)C(F)(F)F)(c2ccccc2)c2ccc(CCC)cc2)cc1. The Balaban J connectivity index is 2.31. The van der Waals surface area contributed by atoms with Crippen LogP contribution in [0.2, 0.25) is 0 Å². The smallest absolute Gasteiger partial charge is 0.200 e. The molecular formula is C25H27F3O3S2. The molecular weight excluding hydrogens is 469 g/mol. The Morgan fingerprint density at radius 1 is 0.667 bits per heavy atom. The summed E-state index contributed by atoms with van der Waals surface area (Å²) < 4.78 is 70.7. The van der Waals surface area contributed by atoms with Crippen LogP contribution in [0.15, 0.2) is 93.5 Å². The van der Waals surface area contributed by atoms with Crippen LogP contribution in [-0.2, 0) is 26.6 Å². The first-order chi connectivity index (χ1) is 15.6. The normalized spacial score (nSPS) is 13.1. The monoisotopic (exact) mass is 496 g/mol. The molecule has 0 heterocycles. The van der Waals surface area contributed by atoms with Gasteiger partial charge in [0.2, 0.25) is 0 Å². The molecule has 0 saturated heterocycles. The van der Waals surface area contributed by atoms with Crippen molar-refractivity contribution in [2.45, 2.75) is 59.7 Å². The van der Waals surface area contributed by atoms with Crippen LogP contribution in [0.3, 0.4) is 0 Å². The van der Waals surface area contributed by atoms with Crippen LogP contribution < -0.4 is 0 Å². The van der Waals surface area contributed by atoms with Crippen molar-refractivity contribution in [3.05, 3.63) is 90.0 Å². The van der Waals surface area contributed by atoms with Crippen LogP contribution in [0.5, 0.6) is 0 Å². The molecule has 0 spiro atoms. The van der Waals surface area contributed by atoms with Gasteiger partial charge in [0.15, 0.2) is 0 Å². The molecule has 0 unspecified atom stereocenters. The van der Waals surface area contributed by atoms with Crippen LogP contribution in [0.4, 0.5) is 13.2 Å². The fourth-order valence-electron chi connectivity index (χ4n) is 3.58. The molecule has 0 aliphatic carbocycles. The van der Waals surface area contributed by atoms with Gasteiger partial charge in [-0.25, -0.2) is 0 Å². The summed E-state index contributed by atoms with van der Waals surface area (Å²) in [7, 11) is -9.15. The predicted octanol–water partition coefficient (Wildman–Crippen LogP) is 7.65. The van der Waals surface area contributed by atoms with Crippen LogP contribution in [0.1, 0.15) is 37.8 Å². The summed E-state index contributed by atoms with van der Waals surface area (Å²) in [4.78, 5) is 1.12. The van der Waals surface area contributed by atoms with E-state index in [4.69, 9.17) is 3.63 Å². The average molecular weight is 497 g/mol. The molecule has 3 aromatic carbocycles. The van der Waals surface area contributed by atoms with E-state index in [9.17, 15) is 21.6 Å². The van der Waals surface area contributed by atoms with Crippen molar-refractivity contribution in [3.63, 3.8) is 0 Å². The number of aryl methyl sites for hydroxylation is 2. The number of hydrogen-bond donors (Lipinski definition) is 0. The Labute approximate surface area is 195 Å². The summed E-state index contributed by atoms with van der Waals surface area (Å²) in [6.45, 7) is 4.06. The molecule has 0 aliphatic rings. The highest BCUT2D eigenvalue weighted by atomic mass is 32.3. The van der Waals surface area contributed by atoms with E-state index in [1.165, 1.54) is 0 Å². The fraction of sp³-hybridized carbons (Fsp3) is 0.280. The van der Waals surface area contributed by atoms with Gasteiger partial charge in [-0.15, -0.1) is 0 Å². The second-order valence-electron chi connectivity index (χ2n) is 7.63. The molecule has 8 heteroatoms. The van der Waals surface area contributed by atoms with Crippen molar-refractivity contribution < 1.29 is 25.2 Å². The van der Waals surface area contributed by atoms with Gasteiger partial charge in [-0.1, -0.05) is 69.2 Å². The Kier molecular flexibility index (Phi) is 7.92. The second kappa shape index (κ2) is 10.3. The molecule has 33 heavy (non-hydrogen) atoms. The minimum atomic E-state index is -5.90. The van der Waals surface area contributed by atoms with Gasteiger partial charge in [-0.2, -0.15) is 25.2 Å². The van der Waals surface area contributed by atoms with Crippen molar-refractivity contribution >= 4 is 20.4 Å². The molecule has 0 saturated carbocycles. The third-order valence-electron chi connectivity index (χ3n) is 5.14. The molecule has 3 aromatic rings. The highest BCUT2D eigenvalue weighted by Crippen LogP contribution is 2.70. The number of alkyl halides is 3. The Morgan fingerprint density at radius 3 is 1.42 bits per heavy atom. The maximum Gasteiger partial charge on any atom is 0.524 e. The van der Waals surface area contributed by atoms with Gasteiger partial charge in [0.1, 0.15) is 0 Å². The molecule has 0 amide bonds. The van der Waals surface area contributed by atoms with Crippen LogP contribution in [0.25, 0.3) is 0 Å². The molecule has 3 rings (SSSR count). The van der Waals surface area contributed by atoms with Crippen LogP contribution >= 0.6 is 10.3 Å². The van der Waals surface area contributed by atoms with Gasteiger partial charge >= 0.3 is 15.6 Å². The number of benzene rings is 3. The standard InChI is InChI=1S/C25H27F3O3S2/c1-3-8-20-12-16-23(17-13-20)32(22-10-6-5-7-11-22,31-33(29,30)25(26,27)28)24-18-14-21(9-4-2)15-19-24/h5-7,10-19H,3-4,8-9H2,1-2H3. The molecule has 0 aliphatic heterocycles. The third-order valence-corrected chi connectivity index (χ3v) is 10.0. The zero-order valence-electron chi connectivity index (χ0n) is 18.5. The van der Waals surface area contributed by atoms with Gasteiger partial charge in [0.25, 0.3) is 0 Å². The summed E-state index contributed by atoms with van der Waals surface area (Å²) >= 11 is 0. The zero-order valence-corrected chi connectivity index (χ0v) is 20.1. The first kappa shape index (κ1) is 25.3. The Bertz CT molecular complexity index is 1090. The lowest BCUT2D eigenvalue weighted by Crippen LogP contribution is -2.27. The molecule has 0 atom stereocenters. The fourth-order valence-corrected chi connectivity index (χ4v) is 8.31. The lowest BCUT2D eigenvalue weighted by atomic mass is 10.1. The Hall–Kier alpha value is -2.29. The lowest BCUT2D eigenvalue weighted by molar-refractivity contribution is -0.0496. The number of halogens is 3. The predicted molar refractivity (Wildman–Crippen MR) is 126 cm³/mol. The second-order valence-corrected chi connectivity index (χ2v) is 12.1. The summed E-state index contributed by atoms with van der Waals surface area (Å²) in [6, 6.07) is 22.3. The summed E-state index contributed by atoms with van der Waals surface area (Å²) in [6.07, 6.45) is 3.44. The van der Waals surface area contributed by atoms with Crippen molar-refractivity contribution in [1.82, 2.24) is 0 Å². The third kappa shape index (κ3) is 5.45. The maximum absolute atomic E-state index is 13.5. The van der Waals surface area contributed by atoms with Crippen LogP contribution in [-0.4, -0.2) is 13.9 Å². The molecule has 0 bridgehead atoms. The largest absolute Gasteiger partial charge is 0.524 e. The molecule has 0 radical (unpaired) electrons. The average Bonchev–Trinajstić information content (AvgIpc) is 2.79. The first-order valence-electron chi connectivity index (χ1n) is 10.7. The van der Waals surface area contributed by atoms with Crippen molar-refractivity contribution in [1.29, 1.82) is 0 Å². The van der Waals surface area contributed by atoms with E-state index in [1.54, 1.807) is 54.6 Å². The van der Waals surface area contributed by atoms with Gasteiger partial charge < -0.3 is 0 Å². The van der Waals surface area contributed by atoms with E-state index in [2.05, 4.69) is 0 Å². The van der Waals surface area contributed by atoms with E-state index in [0.29, 0.717) is 14.7 Å². The molecule has 3 nitrogen and oxygen atoms in total. The van der Waals surface area contributed by atoms with E-state index in [0.717, 1.165) is 36.8 Å². The molecule has 0 aromatic heterocycles. The zero-order chi connectivity index (χ0) is 24.1. The molecule has 0 fully saturated rings.